The molecule has 0 spiro atoms. The van der Waals surface area contributed by atoms with Crippen LogP contribution >= 0.6 is 0 Å². The van der Waals surface area contributed by atoms with Crippen LogP contribution in [0.4, 0.5) is 0 Å². The lowest BCUT2D eigenvalue weighted by Gasteiger charge is -1.66. The molecular formula is C5H9. The molecule has 1 aliphatic rings. The van der Waals surface area contributed by atoms with Crippen molar-refractivity contribution in [1.29, 1.82) is 0 Å². The molecule has 1 aliphatic carbocycles. The maximum absolute atomic E-state index is 2.33. The highest BCUT2D eigenvalue weighted by atomic mass is 14.3. The first-order chi connectivity index (χ1) is 2.30. The zero-order valence-electron chi connectivity index (χ0n) is 3.73. The van der Waals surface area contributed by atoms with Crippen LogP contribution in [0.15, 0.2) is 0 Å². The Kier molecular flexibility index (Phi) is 0.470. The van der Waals surface area contributed by atoms with E-state index < -0.39 is 0 Å². The molecule has 1 radical (unpaired) electrons. The molecule has 5 heavy (non-hydrogen) atoms. The van der Waals surface area contributed by atoms with Crippen LogP contribution in [0.25, 0.3) is 0 Å². The summed E-state index contributed by atoms with van der Waals surface area (Å²) in [5.41, 5.74) is 0. The third kappa shape index (κ3) is 0.444. The lowest BCUT2D eigenvalue weighted by atomic mass is 10.4. The lowest BCUT2D eigenvalue weighted by molar-refractivity contribution is 0.834. The highest BCUT2D eigenvalue weighted by Gasteiger charge is 2.26. The normalized spacial score (nSPS) is 49.2. The molecular weight excluding hydrogens is 60.1 g/mol. The topological polar surface area (TPSA) is 0 Å². The molecule has 2 unspecified atom stereocenters. The minimum absolute atomic E-state index is 0.926. The van der Waals surface area contributed by atoms with Crippen LogP contribution < -0.4 is 0 Å². The van der Waals surface area contributed by atoms with Crippen molar-refractivity contribution in [2.75, 3.05) is 0 Å². The summed E-state index contributed by atoms with van der Waals surface area (Å²) in [7, 11) is 0. The van der Waals surface area contributed by atoms with Crippen molar-refractivity contribution in [3.63, 3.8) is 0 Å². The van der Waals surface area contributed by atoms with E-state index in [4.69, 9.17) is 0 Å². The smallest absolute Gasteiger partial charge is 0.0324 e. The predicted molar refractivity (Wildman–Crippen MR) is 22.6 cm³/mol. The number of rotatable bonds is 0. The van der Waals surface area contributed by atoms with Gasteiger partial charge in [-0.2, -0.15) is 0 Å². The van der Waals surface area contributed by atoms with Gasteiger partial charge >= 0.3 is 0 Å². The van der Waals surface area contributed by atoms with Crippen molar-refractivity contribution >= 4 is 0 Å². The second kappa shape index (κ2) is 0.735. The second-order valence-electron chi connectivity index (χ2n) is 1.91. The molecule has 0 saturated heterocycles. The Labute approximate surface area is 33.2 Å². The van der Waals surface area contributed by atoms with Crippen LogP contribution in [-0.4, -0.2) is 0 Å². The van der Waals surface area contributed by atoms with E-state index in [2.05, 4.69) is 20.3 Å². The van der Waals surface area contributed by atoms with Crippen LogP contribution in [0.2, 0.25) is 0 Å². The van der Waals surface area contributed by atoms with Crippen molar-refractivity contribution in [3.05, 3.63) is 6.42 Å². The van der Waals surface area contributed by atoms with Crippen LogP contribution in [0.3, 0.4) is 0 Å². The first-order valence-electron chi connectivity index (χ1n) is 2.15. The molecule has 1 saturated carbocycles. The van der Waals surface area contributed by atoms with Crippen LogP contribution in [0.1, 0.15) is 13.8 Å². The zero-order chi connectivity index (χ0) is 3.86. The number of hydrogen-bond acceptors (Lipinski definition) is 0. The number of hydrogen-bond donors (Lipinski definition) is 0. The van der Waals surface area contributed by atoms with E-state index in [0.717, 1.165) is 11.8 Å². The van der Waals surface area contributed by atoms with E-state index in [1.54, 1.807) is 0 Å². The van der Waals surface area contributed by atoms with Gasteiger partial charge in [-0.3, -0.25) is 0 Å². The zero-order valence-corrected chi connectivity index (χ0v) is 3.73. The summed E-state index contributed by atoms with van der Waals surface area (Å²) in [6.45, 7) is 4.48. The van der Waals surface area contributed by atoms with Gasteiger partial charge in [0.05, 0.1) is 0 Å². The van der Waals surface area contributed by atoms with Crippen molar-refractivity contribution in [2.45, 2.75) is 13.8 Å². The molecule has 2 atom stereocenters. The Bertz CT molecular complexity index is 33.3. The van der Waals surface area contributed by atoms with Gasteiger partial charge in [0.25, 0.3) is 0 Å². The molecule has 0 heterocycles. The Morgan fingerprint density at radius 3 is 1.40 bits per heavy atom. The monoisotopic (exact) mass is 69.1 g/mol. The predicted octanol–water partition coefficient (Wildman–Crippen LogP) is 1.48. The summed E-state index contributed by atoms with van der Waals surface area (Å²) < 4.78 is 0. The van der Waals surface area contributed by atoms with Crippen molar-refractivity contribution in [2.24, 2.45) is 11.8 Å². The minimum atomic E-state index is 0.926. The lowest BCUT2D eigenvalue weighted by Crippen LogP contribution is -1.58. The van der Waals surface area contributed by atoms with E-state index in [9.17, 15) is 0 Å². The van der Waals surface area contributed by atoms with Gasteiger partial charge in [-0.15, -0.1) is 0 Å². The van der Waals surface area contributed by atoms with Gasteiger partial charge < -0.3 is 0 Å². The van der Waals surface area contributed by atoms with E-state index in [1.165, 1.54) is 0 Å². The van der Waals surface area contributed by atoms with Gasteiger partial charge in [-0.05, 0) is 18.3 Å². The van der Waals surface area contributed by atoms with Crippen molar-refractivity contribution < 1.29 is 0 Å². The first kappa shape index (κ1) is 3.20. The van der Waals surface area contributed by atoms with Gasteiger partial charge in [-0.25, -0.2) is 0 Å². The SMILES string of the molecule is CC1[CH]C1C. The summed E-state index contributed by atoms with van der Waals surface area (Å²) >= 11 is 0. The first-order valence-corrected chi connectivity index (χ1v) is 2.15. The largest absolute Gasteiger partial charge is 0.0620 e. The molecule has 1 rings (SSSR count). The Morgan fingerprint density at radius 1 is 1.20 bits per heavy atom. The highest BCUT2D eigenvalue weighted by Crippen LogP contribution is 2.34. The Hall–Kier alpha value is 0. The quantitative estimate of drug-likeness (QED) is 0.404. The second-order valence-corrected chi connectivity index (χ2v) is 1.91. The van der Waals surface area contributed by atoms with Crippen LogP contribution in [0.5, 0.6) is 0 Å². The standard InChI is InChI=1S/C5H9/c1-4-3-5(4)2/h3-5H,1-2H3. The third-order valence-corrected chi connectivity index (χ3v) is 1.30. The van der Waals surface area contributed by atoms with E-state index in [-0.39, 0.29) is 0 Å². The Morgan fingerprint density at radius 2 is 1.40 bits per heavy atom. The summed E-state index contributed by atoms with van der Waals surface area (Å²) in [5, 5.41) is 0. The fourth-order valence-corrected chi connectivity index (χ4v) is 0.415. The van der Waals surface area contributed by atoms with Crippen LogP contribution in [-0.2, 0) is 0 Å². The minimum Gasteiger partial charge on any atom is -0.0620 e. The molecule has 0 amide bonds. The van der Waals surface area contributed by atoms with Gasteiger partial charge in [0, 0.05) is 0 Å². The van der Waals surface area contributed by atoms with Crippen molar-refractivity contribution in [3.8, 4) is 0 Å². The van der Waals surface area contributed by atoms with Gasteiger partial charge in [0.1, 0.15) is 0 Å². The molecule has 0 N–H and O–H groups in total. The maximum atomic E-state index is 2.33. The molecule has 1 fully saturated rings. The fraction of sp³-hybridized carbons (Fsp3) is 0.800. The maximum Gasteiger partial charge on any atom is -0.0324 e. The molecule has 0 bridgehead atoms. The molecule has 0 aliphatic heterocycles. The van der Waals surface area contributed by atoms with Crippen LogP contribution in [0, 0.1) is 18.3 Å². The van der Waals surface area contributed by atoms with E-state index >= 15 is 0 Å². The van der Waals surface area contributed by atoms with Crippen molar-refractivity contribution in [1.82, 2.24) is 0 Å². The van der Waals surface area contributed by atoms with Gasteiger partial charge in [0.15, 0.2) is 0 Å². The molecule has 29 valence electrons. The van der Waals surface area contributed by atoms with Gasteiger partial charge in [0.2, 0.25) is 0 Å². The highest BCUT2D eigenvalue weighted by molar-refractivity contribution is 4.99. The third-order valence-electron chi connectivity index (χ3n) is 1.30. The summed E-state index contributed by atoms with van der Waals surface area (Å²) in [6.07, 6.45) is 2.33. The molecule has 0 nitrogen and oxygen atoms in total. The summed E-state index contributed by atoms with van der Waals surface area (Å²) in [5.74, 6) is 1.85. The van der Waals surface area contributed by atoms with E-state index in [0.29, 0.717) is 0 Å². The average Bonchev–Trinajstić information content (AvgIpc) is 1.79. The molecule has 0 aromatic carbocycles. The fourth-order valence-electron chi connectivity index (χ4n) is 0.415. The van der Waals surface area contributed by atoms with E-state index in [1.807, 2.05) is 0 Å². The molecule has 0 aromatic heterocycles. The average molecular weight is 69.1 g/mol. The molecule has 0 aromatic rings. The summed E-state index contributed by atoms with van der Waals surface area (Å²) in [6, 6.07) is 0. The Balaban J connectivity index is 2.20. The molecule has 0 heteroatoms. The van der Waals surface area contributed by atoms with Gasteiger partial charge in [-0.1, -0.05) is 13.8 Å². The summed E-state index contributed by atoms with van der Waals surface area (Å²) in [4.78, 5) is 0.